The van der Waals surface area contributed by atoms with E-state index in [-0.39, 0.29) is 5.91 Å². The van der Waals surface area contributed by atoms with Crippen LogP contribution < -0.4 is 5.32 Å². The summed E-state index contributed by atoms with van der Waals surface area (Å²) in [6.07, 6.45) is 0. The van der Waals surface area contributed by atoms with Crippen molar-refractivity contribution in [1.29, 1.82) is 0 Å². The highest BCUT2D eigenvalue weighted by Crippen LogP contribution is 2.15. The van der Waals surface area contributed by atoms with Crippen LogP contribution in [0.25, 0.3) is 0 Å². The number of nitrogens with one attached hydrogen (secondary N) is 1. The fourth-order valence-corrected chi connectivity index (χ4v) is 1.92. The Labute approximate surface area is 119 Å². The van der Waals surface area contributed by atoms with Crippen molar-refractivity contribution in [2.75, 3.05) is 5.32 Å². The van der Waals surface area contributed by atoms with E-state index in [2.05, 4.69) is 21.2 Å². The van der Waals surface area contributed by atoms with Crippen LogP contribution in [0.5, 0.6) is 0 Å². The maximum atomic E-state index is 11.9. The van der Waals surface area contributed by atoms with Crippen LogP contribution in [0.4, 0.5) is 5.69 Å². The first kappa shape index (κ1) is 13.1. The second-order valence-corrected chi connectivity index (χ2v) is 4.97. The van der Waals surface area contributed by atoms with E-state index < -0.39 is 0 Å². The first-order valence-corrected chi connectivity index (χ1v) is 6.73. The molecule has 0 aliphatic carbocycles. The average Bonchev–Trinajstić information content (AvgIpc) is 2.41. The molecule has 0 spiro atoms. The first-order chi connectivity index (χ1) is 8.69. The van der Waals surface area contributed by atoms with Gasteiger partial charge in [-0.1, -0.05) is 28.1 Å². The lowest BCUT2D eigenvalue weighted by Gasteiger charge is -2.05. The van der Waals surface area contributed by atoms with E-state index in [1.54, 1.807) is 12.1 Å². The third-order valence-corrected chi connectivity index (χ3v) is 3.31. The normalized spacial score (nSPS) is 10.1. The molecule has 0 aliphatic rings. The van der Waals surface area contributed by atoms with Gasteiger partial charge in [0.1, 0.15) is 0 Å². The van der Waals surface area contributed by atoms with Crippen molar-refractivity contribution >= 4 is 39.1 Å². The first-order valence-electron chi connectivity index (χ1n) is 5.41. The van der Waals surface area contributed by atoms with Crippen molar-refractivity contribution in [3.8, 4) is 0 Å². The molecule has 0 unspecified atom stereocenters. The smallest absolute Gasteiger partial charge is 0.255 e. The molecular formula is C14H11BrClNO. The molecule has 0 heterocycles. The van der Waals surface area contributed by atoms with Gasteiger partial charge < -0.3 is 5.32 Å². The maximum Gasteiger partial charge on any atom is 0.255 e. The van der Waals surface area contributed by atoms with Crippen LogP contribution in [-0.2, 0) is 5.88 Å². The minimum absolute atomic E-state index is 0.126. The number of benzene rings is 2. The Morgan fingerprint density at radius 1 is 1.06 bits per heavy atom. The number of carbonyl (C=O) groups excluding carboxylic acids is 1. The summed E-state index contributed by atoms with van der Waals surface area (Å²) < 4.78 is 0.979. The lowest BCUT2D eigenvalue weighted by Crippen LogP contribution is -2.11. The highest BCUT2D eigenvalue weighted by Gasteiger charge is 2.05. The second kappa shape index (κ2) is 6.03. The molecule has 18 heavy (non-hydrogen) atoms. The summed E-state index contributed by atoms with van der Waals surface area (Å²) in [6.45, 7) is 0. The number of amides is 1. The van der Waals surface area contributed by atoms with Crippen molar-refractivity contribution in [1.82, 2.24) is 0 Å². The van der Waals surface area contributed by atoms with Crippen LogP contribution in [0.1, 0.15) is 15.9 Å². The van der Waals surface area contributed by atoms with Gasteiger partial charge >= 0.3 is 0 Å². The monoisotopic (exact) mass is 323 g/mol. The maximum absolute atomic E-state index is 11.9. The number of anilines is 1. The third kappa shape index (κ3) is 3.34. The molecule has 0 atom stereocenters. The fourth-order valence-electron chi connectivity index (χ4n) is 1.48. The lowest BCUT2D eigenvalue weighted by molar-refractivity contribution is 0.102. The van der Waals surface area contributed by atoms with Crippen LogP contribution in [-0.4, -0.2) is 5.91 Å². The molecule has 2 nitrogen and oxygen atoms in total. The van der Waals surface area contributed by atoms with Crippen LogP contribution in [0.2, 0.25) is 0 Å². The summed E-state index contributed by atoms with van der Waals surface area (Å²) in [5.74, 6) is 0.327. The number of rotatable bonds is 3. The van der Waals surface area contributed by atoms with Gasteiger partial charge in [0.25, 0.3) is 5.91 Å². The minimum Gasteiger partial charge on any atom is -0.322 e. The number of carbonyl (C=O) groups is 1. The van der Waals surface area contributed by atoms with Gasteiger partial charge in [-0.2, -0.15) is 0 Å². The Hall–Kier alpha value is -1.32. The Balaban J connectivity index is 2.09. The van der Waals surface area contributed by atoms with E-state index in [1.807, 2.05) is 36.4 Å². The summed E-state index contributed by atoms with van der Waals surface area (Å²) in [5.41, 5.74) is 2.38. The Bertz CT molecular complexity index is 537. The average molecular weight is 325 g/mol. The topological polar surface area (TPSA) is 29.1 Å². The van der Waals surface area contributed by atoms with Crippen LogP contribution in [0.3, 0.4) is 0 Å². The van der Waals surface area contributed by atoms with E-state index in [0.29, 0.717) is 11.4 Å². The molecule has 0 saturated carbocycles. The number of alkyl halides is 1. The predicted octanol–water partition coefficient (Wildman–Crippen LogP) is 4.44. The highest BCUT2D eigenvalue weighted by atomic mass is 79.9. The number of hydrogen-bond donors (Lipinski definition) is 1. The van der Waals surface area contributed by atoms with E-state index in [9.17, 15) is 4.79 Å². The second-order valence-electron chi connectivity index (χ2n) is 3.79. The summed E-state index contributed by atoms with van der Waals surface area (Å²) in [7, 11) is 0. The summed E-state index contributed by atoms with van der Waals surface area (Å²) >= 11 is 9.05. The van der Waals surface area contributed by atoms with Crippen LogP contribution in [0, 0.1) is 0 Å². The molecular weight excluding hydrogens is 314 g/mol. The van der Waals surface area contributed by atoms with Crippen molar-refractivity contribution < 1.29 is 4.79 Å². The van der Waals surface area contributed by atoms with Crippen molar-refractivity contribution in [2.24, 2.45) is 0 Å². The van der Waals surface area contributed by atoms with E-state index in [0.717, 1.165) is 15.7 Å². The molecule has 1 amide bonds. The molecule has 0 bridgehead atoms. The Morgan fingerprint density at radius 3 is 2.22 bits per heavy atom. The van der Waals surface area contributed by atoms with E-state index in [1.165, 1.54) is 0 Å². The number of halogens is 2. The van der Waals surface area contributed by atoms with Gasteiger partial charge in [-0.3, -0.25) is 4.79 Å². The molecule has 0 saturated heterocycles. The van der Waals surface area contributed by atoms with Gasteiger partial charge in [0.15, 0.2) is 0 Å². The molecule has 0 aromatic heterocycles. The van der Waals surface area contributed by atoms with Crippen molar-refractivity contribution in [3.63, 3.8) is 0 Å². The Kier molecular flexibility index (Phi) is 4.39. The third-order valence-electron chi connectivity index (χ3n) is 2.47. The van der Waals surface area contributed by atoms with Gasteiger partial charge in [-0.25, -0.2) is 0 Å². The molecule has 0 fully saturated rings. The molecule has 2 aromatic carbocycles. The molecule has 2 rings (SSSR count). The standard InChI is InChI=1S/C14H11BrClNO/c15-12-5-7-13(8-6-12)17-14(18)11-3-1-10(9-16)2-4-11/h1-8H,9H2,(H,17,18). The van der Waals surface area contributed by atoms with Gasteiger partial charge in [-0.15, -0.1) is 11.6 Å². The molecule has 92 valence electrons. The number of hydrogen-bond acceptors (Lipinski definition) is 1. The molecule has 1 N–H and O–H groups in total. The summed E-state index contributed by atoms with van der Waals surface area (Å²) in [4.78, 5) is 11.9. The van der Waals surface area contributed by atoms with Crippen molar-refractivity contribution in [3.05, 3.63) is 64.1 Å². The highest BCUT2D eigenvalue weighted by molar-refractivity contribution is 9.10. The van der Waals surface area contributed by atoms with Gasteiger partial charge in [-0.05, 0) is 42.0 Å². The zero-order valence-corrected chi connectivity index (χ0v) is 11.8. The minimum atomic E-state index is -0.126. The zero-order valence-electron chi connectivity index (χ0n) is 9.49. The van der Waals surface area contributed by atoms with Gasteiger partial charge in [0.2, 0.25) is 0 Å². The molecule has 2 aromatic rings. The summed E-state index contributed by atoms with van der Waals surface area (Å²) in [6, 6.07) is 14.7. The SMILES string of the molecule is O=C(Nc1ccc(Br)cc1)c1ccc(CCl)cc1. The predicted molar refractivity (Wildman–Crippen MR) is 78.1 cm³/mol. The fraction of sp³-hybridized carbons (Fsp3) is 0.0714. The van der Waals surface area contributed by atoms with Gasteiger partial charge in [0.05, 0.1) is 0 Å². The van der Waals surface area contributed by atoms with Gasteiger partial charge in [0, 0.05) is 21.6 Å². The molecule has 4 heteroatoms. The quantitative estimate of drug-likeness (QED) is 0.831. The zero-order chi connectivity index (χ0) is 13.0. The summed E-state index contributed by atoms with van der Waals surface area (Å²) in [5, 5.41) is 2.83. The van der Waals surface area contributed by atoms with Crippen LogP contribution >= 0.6 is 27.5 Å². The van der Waals surface area contributed by atoms with Crippen molar-refractivity contribution in [2.45, 2.75) is 5.88 Å². The van der Waals surface area contributed by atoms with E-state index >= 15 is 0 Å². The Morgan fingerprint density at radius 2 is 1.67 bits per heavy atom. The lowest BCUT2D eigenvalue weighted by atomic mass is 10.1. The molecule has 0 aliphatic heterocycles. The van der Waals surface area contributed by atoms with E-state index in [4.69, 9.17) is 11.6 Å². The largest absolute Gasteiger partial charge is 0.322 e. The molecule has 0 radical (unpaired) electrons. The van der Waals surface area contributed by atoms with Crippen LogP contribution in [0.15, 0.2) is 53.0 Å².